The van der Waals surface area contributed by atoms with Crippen LogP contribution in [0.15, 0.2) is 120 Å². The average Bonchev–Trinajstić information content (AvgIpc) is 3.01. The molecule has 0 saturated carbocycles. The van der Waals surface area contributed by atoms with Crippen LogP contribution in [0.4, 0.5) is 0 Å². The summed E-state index contributed by atoms with van der Waals surface area (Å²) in [4.78, 5) is 11.6. The third kappa shape index (κ3) is 4.85. The van der Waals surface area contributed by atoms with E-state index in [2.05, 4.69) is 34.6 Å². The fourth-order valence-electron chi connectivity index (χ4n) is 3.97. The minimum Gasteiger partial charge on any atom is -0.391 e. The van der Waals surface area contributed by atoms with Gasteiger partial charge in [-0.1, -0.05) is 120 Å². The molecule has 0 heterocycles. The molecule has 162 valence electrons. The summed E-state index contributed by atoms with van der Waals surface area (Å²) in [6.45, 7) is 0.826. The highest BCUT2D eigenvalue weighted by atomic mass is 16.6. The first kappa shape index (κ1) is 20.7. The van der Waals surface area contributed by atoms with E-state index in [1.165, 1.54) is 0 Å². The highest BCUT2D eigenvalue weighted by molar-refractivity contribution is 6.24. The monoisotopic (exact) mass is 432 g/mol. The zero-order valence-corrected chi connectivity index (χ0v) is 18.2. The van der Waals surface area contributed by atoms with E-state index in [0.717, 1.165) is 44.8 Å². The fourth-order valence-corrected chi connectivity index (χ4v) is 3.97. The van der Waals surface area contributed by atoms with Gasteiger partial charge in [0.15, 0.2) is 0 Å². The van der Waals surface area contributed by atoms with Crippen LogP contribution in [0, 0.1) is 0 Å². The predicted octanol–water partition coefficient (Wildman–Crippen LogP) is 6.60. The lowest BCUT2D eigenvalue weighted by Gasteiger charge is -2.09. The summed E-state index contributed by atoms with van der Waals surface area (Å²) in [5.41, 5.74) is 8.14. The van der Waals surface area contributed by atoms with Crippen molar-refractivity contribution in [2.75, 3.05) is 0 Å². The van der Waals surface area contributed by atoms with Crippen molar-refractivity contribution in [2.45, 2.75) is 19.6 Å². The van der Waals surface area contributed by atoms with Gasteiger partial charge in [0.05, 0.1) is 11.4 Å². The van der Waals surface area contributed by atoms with Crippen LogP contribution in [-0.4, -0.2) is 11.4 Å². The largest absolute Gasteiger partial charge is 0.391 e. The van der Waals surface area contributed by atoms with Gasteiger partial charge in [-0.15, -0.1) is 0 Å². The molecule has 0 radical (unpaired) electrons. The number of oxime groups is 2. The second-order valence-corrected chi connectivity index (χ2v) is 7.86. The summed E-state index contributed by atoms with van der Waals surface area (Å²) in [6.07, 6.45) is 0.512. The van der Waals surface area contributed by atoms with Gasteiger partial charge in [0.1, 0.15) is 13.2 Å². The van der Waals surface area contributed by atoms with Gasteiger partial charge in [0, 0.05) is 17.5 Å². The molecule has 0 unspecified atom stereocenters. The maximum Gasteiger partial charge on any atom is 0.142 e. The van der Waals surface area contributed by atoms with E-state index in [9.17, 15) is 0 Å². The van der Waals surface area contributed by atoms with Gasteiger partial charge >= 0.3 is 0 Å². The number of benzene rings is 4. The molecule has 0 N–H and O–H groups in total. The molecule has 0 atom stereocenters. The maximum atomic E-state index is 5.78. The Balaban J connectivity index is 1.48. The summed E-state index contributed by atoms with van der Waals surface area (Å²) < 4.78 is 0. The van der Waals surface area contributed by atoms with Crippen LogP contribution >= 0.6 is 0 Å². The van der Waals surface area contributed by atoms with Gasteiger partial charge in [-0.05, 0) is 22.3 Å². The van der Waals surface area contributed by atoms with Gasteiger partial charge in [-0.2, -0.15) is 0 Å². The molecule has 4 aromatic rings. The van der Waals surface area contributed by atoms with Crippen molar-refractivity contribution in [3.8, 4) is 11.1 Å². The van der Waals surface area contributed by atoms with Crippen molar-refractivity contribution in [3.63, 3.8) is 0 Å². The molecular formula is C29H24N2O2. The van der Waals surface area contributed by atoms with E-state index >= 15 is 0 Å². The Labute approximate surface area is 193 Å². The summed E-state index contributed by atoms with van der Waals surface area (Å²) in [5.74, 6) is 0. The summed E-state index contributed by atoms with van der Waals surface area (Å²) in [6, 6.07) is 36.7. The molecule has 0 aliphatic heterocycles. The van der Waals surface area contributed by atoms with E-state index in [1.807, 2.05) is 84.9 Å². The second-order valence-electron chi connectivity index (χ2n) is 7.86. The molecular weight excluding hydrogens is 408 g/mol. The molecule has 0 fully saturated rings. The summed E-state index contributed by atoms with van der Waals surface area (Å²) >= 11 is 0. The number of fused-ring (bicyclic) bond motifs is 3. The first-order valence-corrected chi connectivity index (χ1v) is 11.0. The highest BCUT2D eigenvalue weighted by Gasteiger charge is 2.23. The van der Waals surface area contributed by atoms with Crippen LogP contribution in [0.25, 0.3) is 11.1 Å². The van der Waals surface area contributed by atoms with Crippen LogP contribution in [-0.2, 0) is 22.9 Å². The Morgan fingerprint density at radius 1 is 0.455 bits per heavy atom. The van der Waals surface area contributed by atoms with E-state index in [1.54, 1.807) is 0 Å². The zero-order valence-electron chi connectivity index (χ0n) is 18.2. The van der Waals surface area contributed by atoms with Crippen molar-refractivity contribution in [1.29, 1.82) is 0 Å². The third-order valence-electron chi connectivity index (χ3n) is 5.60. The third-order valence-corrected chi connectivity index (χ3v) is 5.60. The Bertz CT molecular complexity index is 1180. The molecule has 4 heteroatoms. The lowest BCUT2D eigenvalue weighted by atomic mass is 9.96. The minimum absolute atomic E-state index is 0.413. The molecule has 0 bridgehead atoms. The van der Waals surface area contributed by atoms with E-state index in [-0.39, 0.29) is 0 Å². The molecule has 1 aliphatic carbocycles. The van der Waals surface area contributed by atoms with Gasteiger partial charge in [0.2, 0.25) is 0 Å². The Hall–Kier alpha value is -4.18. The minimum atomic E-state index is 0.413. The average molecular weight is 433 g/mol. The SMILES string of the molecule is c1ccc(CON=C2CC(=NOCc3ccccc3)c3ccccc3-c3ccccc32)cc1. The Morgan fingerprint density at radius 3 is 1.24 bits per heavy atom. The van der Waals surface area contributed by atoms with Crippen molar-refractivity contribution in [3.05, 3.63) is 131 Å². The standard InChI is InChI=1S/C29H24N2O2/c1-3-11-22(12-4-1)20-32-30-28-19-29(31-33-21-23-13-5-2-6-14-23)27-18-10-8-16-25(27)24-15-7-9-17-26(24)28/h1-18H,19-21H2. The molecule has 5 rings (SSSR count). The van der Waals surface area contributed by atoms with Crippen molar-refractivity contribution < 1.29 is 9.68 Å². The molecule has 4 aromatic carbocycles. The van der Waals surface area contributed by atoms with Crippen molar-refractivity contribution in [2.24, 2.45) is 10.3 Å². The molecule has 0 amide bonds. The number of hydrogen-bond donors (Lipinski definition) is 0. The van der Waals surface area contributed by atoms with E-state index in [4.69, 9.17) is 9.68 Å². The fraction of sp³-hybridized carbons (Fsp3) is 0.103. The lowest BCUT2D eigenvalue weighted by molar-refractivity contribution is 0.128. The van der Waals surface area contributed by atoms with E-state index in [0.29, 0.717) is 19.6 Å². The van der Waals surface area contributed by atoms with Gasteiger partial charge in [-0.25, -0.2) is 0 Å². The van der Waals surface area contributed by atoms with Crippen molar-refractivity contribution >= 4 is 11.4 Å². The van der Waals surface area contributed by atoms with Crippen LogP contribution in [0.5, 0.6) is 0 Å². The molecule has 0 spiro atoms. The van der Waals surface area contributed by atoms with Gasteiger partial charge < -0.3 is 9.68 Å². The molecule has 33 heavy (non-hydrogen) atoms. The normalized spacial score (nSPS) is 14.9. The van der Waals surface area contributed by atoms with Gasteiger partial charge in [-0.3, -0.25) is 0 Å². The number of nitrogens with zero attached hydrogens (tertiary/aromatic N) is 2. The number of hydrogen-bond acceptors (Lipinski definition) is 4. The Kier molecular flexibility index (Phi) is 6.25. The summed E-state index contributed by atoms with van der Waals surface area (Å²) in [5, 5.41) is 9.12. The quantitative estimate of drug-likeness (QED) is 0.322. The smallest absolute Gasteiger partial charge is 0.142 e. The second kappa shape index (κ2) is 9.96. The summed E-state index contributed by atoms with van der Waals surface area (Å²) in [7, 11) is 0. The number of rotatable bonds is 6. The lowest BCUT2D eigenvalue weighted by Crippen LogP contribution is -2.10. The van der Waals surface area contributed by atoms with Crippen LogP contribution in [0.3, 0.4) is 0 Å². The Morgan fingerprint density at radius 2 is 0.818 bits per heavy atom. The molecule has 0 aromatic heterocycles. The highest BCUT2D eigenvalue weighted by Crippen LogP contribution is 2.33. The topological polar surface area (TPSA) is 43.2 Å². The molecule has 4 nitrogen and oxygen atoms in total. The predicted molar refractivity (Wildman–Crippen MR) is 132 cm³/mol. The maximum absolute atomic E-state index is 5.78. The molecule has 1 aliphatic rings. The van der Waals surface area contributed by atoms with Crippen LogP contribution in [0.1, 0.15) is 28.7 Å². The first-order chi connectivity index (χ1) is 16.4. The van der Waals surface area contributed by atoms with Crippen molar-refractivity contribution in [1.82, 2.24) is 0 Å². The van der Waals surface area contributed by atoms with E-state index < -0.39 is 0 Å². The van der Waals surface area contributed by atoms with Crippen LogP contribution in [0.2, 0.25) is 0 Å². The zero-order chi connectivity index (χ0) is 22.3. The van der Waals surface area contributed by atoms with Crippen LogP contribution < -0.4 is 0 Å². The first-order valence-electron chi connectivity index (χ1n) is 11.0. The molecule has 0 saturated heterocycles. The van der Waals surface area contributed by atoms with Gasteiger partial charge in [0.25, 0.3) is 0 Å².